The number of ether oxygens (including phenoxy) is 1. The van der Waals surface area contributed by atoms with Crippen LogP contribution in [0.4, 0.5) is 5.69 Å². The molecule has 2 fully saturated rings. The van der Waals surface area contributed by atoms with Crippen molar-refractivity contribution in [3.8, 4) is 5.75 Å². The molecule has 3 atom stereocenters. The van der Waals surface area contributed by atoms with Gasteiger partial charge in [-0.15, -0.1) is 0 Å². The summed E-state index contributed by atoms with van der Waals surface area (Å²) in [5.74, 6) is 1.61. The third kappa shape index (κ3) is 3.40. The molecule has 3 aliphatic rings. The van der Waals surface area contributed by atoms with Crippen LogP contribution < -0.4 is 10.2 Å². The Bertz CT molecular complexity index is 897. The minimum Gasteiger partial charge on any atom is -0.508 e. The smallest absolute Gasteiger partial charge is 0.196 e. The maximum absolute atomic E-state index is 10.3. The van der Waals surface area contributed by atoms with Crippen LogP contribution in [0.15, 0.2) is 47.7 Å². The summed E-state index contributed by atoms with van der Waals surface area (Å²) in [7, 11) is 0. The fourth-order valence-electron chi connectivity index (χ4n) is 4.63. The van der Waals surface area contributed by atoms with Crippen molar-refractivity contribution in [1.82, 2.24) is 15.2 Å². The number of anilines is 1. The standard InChI is InChI=1S/C22H27N5O2/c1-15-2-3-16(14-19(15)28)20-18-6-9-27(17-4-7-23-8-5-17)21(18)25-22(24-20)26-10-12-29-13-11-26/h2-5,7-8,14,18,20-21,28H,6,9-13H2,1H3,(H,24,25). The quantitative estimate of drug-likeness (QED) is 0.816. The topological polar surface area (TPSA) is 73.2 Å². The van der Waals surface area contributed by atoms with Crippen molar-refractivity contribution in [1.29, 1.82) is 0 Å². The van der Waals surface area contributed by atoms with Gasteiger partial charge >= 0.3 is 0 Å². The zero-order chi connectivity index (χ0) is 19.8. The van der Waals surface area contributed by atoms with Crippen LogP contribution in [-0.2, 0) is 4.74 Å². The minimum atomic E-state index is 0.0601. The highest BCUT2D eigenvalue weighted by Gasteiger charge is 2.44. The van der Waals surface area contributed by atoms with E-state index < -0.39 is 0 Å². The van der Waals surface area contributed by atoms with Crippen molar-refractivity contribution >= 4 is 11.6 Å². The first-order chi connectivity index (χ1) is 14.2. The van der Waals surface area contributed by atoms with Crippen LogP contribution in [0.2, 0.25) is 0 Å². The van der Waals surface area contributed by atoms with Gasteiger partial charge in [-0.3, -0.25) is 4.98 Å². The van der Waals surface area contributed by atoms with Crippen molar-refractivity contribution in [3.63, 3.8) is 0 Å². The van der Waals surface area contributed by atoms with E-state index >= 15 is 0 Å². The minimum absolute atomic E-state index is 0.0601. The SMILES string of the molecule is Cc1ccc(C2NC(N3CCOCC3)=NC3C2CCN3c2ccncc2)cc1O. The molecule has 0 spiro atoms. The summed E-state index contributed by atoms with van der Waals surface area (Å²) in [6.07, 6.45) is 4.78. The molecular formula is C22H27N5O2. The van der Waals surface area contributed by atoms with Crippen LogP contribution in [0.3, 0.4) is 0 Å². The van der Waals surface area contributed by atoms with Gasteiger partial charge in [0.15, 0.2) is 5.96 Å². The Morgan fingerprint density at radius 2 is 1.90 bits per heavy atom. The summed E-state index contributed by atoms with van der Waals surface area (Å²) in [5, 5.41) is 14.0. The Morgan fingerprint density at radius 1 is 1.10 bits per heavy atom. The van der Waals surface area contributed by atoms with E-state index in [4.69, 9.17) is 9.73 Å². The molecule has 1 aromatic heterocycles. The third-order valence-electron chi connectivity index (χ3n) is 6.27. The van der Waals surface area contributed by atoms with Crippen LogP contribution in [0.5, 0.6) is 5.75 Å². The van der Waals surface area contributed by atoms with Crippen LogP contribution in [0, 0.1) is 12.8 Å². The van der Waals surface area contributed by atoms with Crippen molar-refractivity contribution in [2.75, 3.05) is 37.7 Å². The predicted molar refractivity (Wildman–Crippen MR) is 112 cm³/mol. The van der Waals surface area contributed by atoms with Crippen LogP contribution in [0.1, 0.15) is 23.6 Å². The number of pyridine rings is 1. The van der Waals surface area contributed by atoms with Gasteiger partial charge in [0, 0.05) is 43.6 Å². The predicted octanol–water partition coefficient (Wildman–Crippen LogP) is 2.28. The fraction of sp³-hybridized carbons (Fsp3) is 0.455. The molecule has 7 nitrogen and oxygen atoms in total. The van der Waals surface area contributed by atoms with Crippen LogP contribution in [0.25, 0.3) is 0 Å². The van der Waals surface area contributed by atoms with Crippen LogP contribution >= 0.6 is 0 Å². The average molecular weight is 393 g/mol. The summed E-state index contributed by atoms with van der Waals surface area (Å²) in [6, 6.07) is 10.2. The molecule has 2 aromatic rings. The lowest BCUT2D eigenvalue weighted by Gasteiger charge is -2.41. The first kappa shape index (κ1) is 18.2. The average Bonchev–Trinajstić information content (AvgIpc) is 3.20. The van der Waals surface area contributed by atoms with Gasteiger partial charge < -0.3 is 25.0 Å². The summed E-state index contributed by atoms with van der Waals surface area (Å²) in [4.78, 5) is 14.0. The number of morpholine rings is 1. The molecule has 2 saturated heterocycles. The van der Waals surface area contributed by atoms with E-state index in [9.17, 15) is 5.11 Å². The molecule has 0 saturated carbocycles. The van der Waals surface area contributed by atoms with E-state index in [1.54, 1.807) is 0 Å². The molecule has 4 heterocycles. The molecule has 29 heavy (non-hydrogen) atoms. The molecule has 1 aromatic carbocycles. The number of phenolic OH excluding ortho intramolecular Hbond substituents is 1. The number of aryl methyl sites for hydroxylation is 1. The Hall–Kier alpha value is -2.80. The molecule has 5 rings (SSSR count). The maximum atomic E-state index is 10.3. The number of aromatic hydroxyl groups is 1. The molecule has 7 heteroatoms. The van der Waals surface area contributed by atoms with E-state index in [0.717, 1.165) is 62.0 Å². The molecule has 3 aliphatic heterocycles. The second-order valence-electron chi connectivity index (χ2n) is 7.99. The number of hydrogen-bond donors (Lipinski definition) is 2. The number of benzene rings is 1. The summed E-state index contributed by atoms with van der Waals surface area (Å²) in [5.41, 5.74) is 3.17. The molecule has 152 valence electrons. The molecule has 3 unspecified atom stereocenters. The van der Waals surface area contributed by atoms with E-state index in [1.807, 2.05) is 31.5 Å². The largest absolute Gasteiger partial charge is 0.508 e. The van der Waals surface area contributed by atoms with Gasteiger partial charge in [-0.25, -0.2) is 4.99 Å². The zero-order valence-corrected chi connectivity index (χ0v) is 16.7. The second kappa shape index (κ2) is 7.55. The number of guanidine groups is 1. The van der Waals surface area contributed by atoms with Gasteiger partial charge in [0.2, 0.25) is 0 Å². The Labute approximate surface area is 171 Å². The highest BCUT2D eigenvalue weighted by molar-refractivity contribution is 5.82. The lowest BCUT2D eigenvalue weighted by Crippen LogP contribution is -2.54. The highest BCUT2D eigenvalue weighted by atomic mass is 16.5. The number of fused-ring (bicyclic) bond motifs is 1. The van der Waals surface area contributed by atoms with E-state index in [-0.39, 0.29) is 12.2 Å². The molecular weight excluding hydrogens is 366 g/mol. The number of rotatable bonds is 2. The van der Waals surface area contributed by atoms with E-state index in [1.165, 1.54) is 0 Å². The van der Waals surface area contributed by atoms with Crippen molar-refractivity contribution in [2.24, 2.45) is 10.9 Å². The van der Waals surface area contributed by atoms with E-state index in [2.05, 4.69) is 38.3 Å². The molecule has 0 radical (unpaired) electrons. The lowest BCUT2D eigenvalue weighted by molar-refractivity contribution is 0.0647. The second-order valence-corrected chi connectivity index (χ2v) is 7.99. The van der Waals surface area contributed by atoms with E-state index in [0.29, 0.717) is 11.7 Å². The molecule has 0 aliphatic carbocycles. The van der Waals surface area contributed by atoms with Crippen LogP contribution in [-0.4, -0.2) is 60.0 Å². The number of nitrogens with zero attached hydrogens (tertiary/aromatic N) is 4. The molecule has 2 N–H and O–H groups in total. The number of aromatic nitrogens is 1. The normalized spacial score (nSPS) is 26.7. The zero-order valence-electron chi connectivity index (χ0n) is 16.7. The molecule has 0 bridgehead atoms. The highest BCUT2D eigenvalue weighted by Crippen LogP contribution is 2.41. The number of hydrogen-bond acceptors (Lipinski definition) is 7. The van der Waals surface area contributed by atoms with Gasteiger partial charge in [0.1, 0.15) is 11.9 Å². The van der Waals surface area contributed by atoms with Crippen molar-refractivity contribution < 1.29 is 9.84 Å². The van der Waals surface area contributed by atoms with Crippen molar-refractivity contribution in [2.45, 2.75) is 25.6 Å². The number of phenols is 1. The third-order valence-corrected chi connectivity index (χ3v) is 6.27. The fourth-order valence-corrected chi connectivity index (χ4v) is 4.63. The molecule has 0 amide bonds. The summed E-state index contributed by atoms with van der Waals surface area (Å²) < 4.78 is 5.53. The summed E-state index contributed by atoms with van der Waals surface area (Å²) in [6.45, 7) is 6.00. The Kier molecular flexibility index (Phi) is 4.75. The first-order valence-corrected chi connectivity index (χ1v) is 10.3. The lowest BCUT2D eigenvalue weighted by atomic mass is 9.88. The van der Waals surface area contributed by atoms with Gasteiger partial charge in [0.05, 0.1) is 19.3 Å². The number of aliphatic imine (C=N–C) groups is 1. The Balaban J connectivity index is 1.52. The van der Waals surface area contributed by atoms with Gasteiger partial charge in [-0.1, -0.05) is 12.1 Å². The van der Waals surface area contributed by atoms with Gasteiger partial charge in [-0.05, 0) is 42.7 Å². The summed E-state index contributed by atoms with van der Waals surface area (Å²) >= 11 is 0. The Morgan fingerprint density at radius 3 is 2.66 bits per heavy atom. The monoisotopic (exact) mass is 393 g/mol. The number of nitrogens with one attached hydrogen (secondary N) is 1. The maximum Gasteiger partial charge on any atom is 0.196 e. The van der Waals surface area contributed by atoms with Crippen molar-refractivity contribution in [3.05, 3.63) is 53.9 Å². The first-order valence-electron chi connectivity index (χ1n) is 10.3. The van der Waals surface area contributed by atoms with Gasteiger partial charge in [-0.2, -0.15) is 0 Å². The van der Waals surface area contributed by atoms with Gasteiger partial charge in [0.25, 0.3) is 0 Å².